The van der Waals surface area contributed by atoms with E-state index in [1.807, 2.05) is 6.07 Å². The molecular weight excluding hydrogens is 307 g/mol. The van der Waals surface area contributed by atoms with E-state index in [1.54, 1.807) is 49.5 Å². The lowest BCUT2D eigenvalue weighted by Gasteiger charge is -2.06. The van der Waals surface area contributed by atoms with Gasteiger partial charge >= 0.3 is 0 Å². The number of halogens is 1. The van der Waals surface area contributed by atoms with Crippen LogP contribution >= 0.6 is 0 Å². The van der Waals surface area contributed by atoms with E-state index in [1.165, 1.54) is 16.8 Å². The summed E-state index contributed by atoms with van der Waals surface area (Å²) in [4.78, 5) is 12.5. The molecule has 0 spiro atoms. The van der Waals surface area contributed by atoms with E-state index in [0.29, 0.717) is 28.2 Å². The maximum atomic E-state index is 13.0. The van der Waals surface area contributed by atoms with Gasteiger partial charge in [0.25, 0.3) is 5.91 Å². The number of amides is 1. The van der Waals surface area contributed by atoms with Gasteiger partial charge in [0.1, 0.15) is 17.6 Å². The van der Waals surface area contributed by atoms with Crippen LogP contribution in [0, 0.1) is 17.1 Å². The van der Waals surface area contributed by atoms with Crippen molar-refractivity contribution in [3.8, 4) is 17.3 Å². The summed E-state index contributed by atoms with van der Waals surface area (Å²) in [5, 5.41) is 16.1. The van der Waals surface area contributed by atoms with Crippen LogP contribution in [0.15, 0.2) is 54.6 Å². The zero-order chi connectivity index (χ0) is 17.1. The molecule has 0 fully saturated rings. The summed E-state index contributed by atoms with van der Waals surface area (Å²) in [6, 6.07) is 16.3. The van der Waals surface area contributed by atoms with E-state index in [9.17, 15) is 9.18 Å². The molecule has 0 atom stereocenters. The number of anilines is 1. The molecule has 3 aromatic rings. The third kappa shape index (κ3) is 3.01. The molecule has 0 aliphatic heterocycles. The van der Waals surface area contributed by atoms with Crippen LogP contribution in [0.1, 0.15) is 16.1 Å². The molecule has 2 aromatic carbocycles. The zero-order valence-electron chi connectivity index (χ0n) is 12.8. The van der Waals surface area contributed by atoms with E-state index >= 15 is 0 Å². The monoisotopic (exact) mass is 320 g/mol. The molecule has 24 heavy (non-hydrogen) atoms. The van der Waals surface area contributed by atoms with Crippen LogP contribution in [0.25, 0.3) is 11.3 Å². The molecule has 0 aliphatic carbocycles. The normalized spacial score (nSPS) is 10.2. The number of para-hydroxylation sites is 1. The number of hydrogen-bond donors (Lipinski definition) is 1. The number of nitrogens with one attached hydrogen (secondary N) is 1. The van der Waals surface area contributed by atoms with Crippen LogP contribution in [0.4, 0.5) is 10.1 Å². The van der Waals surface area contributed by atoms with Crippen molar-refractivity contribution in [1.82, 2.24) is 9.78 Å². The number of aryl methyl sites for hydroxylation is 1. The fraction of sp³-hybridized carbons (Fsp3) is 0.0556. The molecule has 0 aliphatic rings. The number of aromatic nitrogens is 2. The Bertz CT molecular complexity index is 938. The molecule has 0 saturated heterocycles. The molecule has 1 heterocycles. The summed E-state index contributed by atoms with van der Waals surface area (Å²) in [7, 11) is 1.65. The summed E-state index contributed by atoms with van der Waals surface area (Å²) in [6.45, 7) is 0. The Morgan fingerprint density at radius 2 is 1.92 bits per heavy atom. The van der Waals surface area contributed by atoms with Crippen molar-refractivity contribution >= 4 is 11.6 Å². The maximum absolute atomic E-state index is 13.0. The highest BCUT2D eigenvalue weighted by atomic mass is 19.1. The van der Waals surface area contributed by atoms with Gasteiger partial charge in [0, 0.05) is 12.6 Å². The predicted octanol–water partition coefficient (Wildman–Crippen LogP) is 3.35. The highest BCUT2D eigenvalue weighted by molar-refractivity contribution is 6.04. The molecule has 1 N–H and O–H groups in total. The van der Waals surface area contributed by atoms with Crippen molar-refractivity contribution in [3.05, 3.63) is 71.7 Å². The first-order chi connectivity index (χ1) is 11.6. The summed E-state index contributed by atoms with van der Waals surface area (Å²) >= 11 is 0. The van der Waals surface area contributed by atoms with Gasteiger partial charge in [-0.1, -0.05) is 12.1 Å². The minimum Gasteiger partial charge on any atom is -0.319 e. The summed E-state index contributed by atoms with van der Waals surface area (Å²) < 4.78 is 14.5. The molecule has 1 aromatic heterocycles. The smallest absolute Gasteiger partial charge is 0.273 e. The minimum atomic E-state index is -0.374. The van der Waals surface area contributed by atoms with Gasteiger partial charge in [0.15, 0.2) is 0 Å². The lowest BCUT2D eigenvalue weighted by Crippen LogP contribution is -2.16. The second kappa shape index (κ2) is 6.34. The largest absolute Gasteiger partial charge is 0.319 e. The topological polar surface area (TPSA) is 70.7 Å². The Morgan fingerprint density at radius 1 is 1.21 bits per heavy atom. The van der Waals surface area contributed by atoms with Crippen molar-refractivity contribution in [2.45, 2.75) is 0 Å². The molecule has 118 valence electrons. The number of nitrogens with zero attached hydrogens (tertiary/aromatic N) is 3. The average Bonchev–Trinajstić information content (AvgIpc) is 2.98. The first kappa shape index (κ1) is 15.4. The Labute approximate surface area is 138 Å². The van der Waals surface area contributed by atoms with Gasteiger partial charge in [-0.25, -0.2) is 4.39 Å². The lowest BCUT2D eigenvalue weighted by molar-refractivity contribution is 0.101. The molecule has 0 bridgehead atoms. The summed E-state index contributed by atoms with van der Waals surface area (Å²) in [5.74, 6) is -0.707. The van der Waals surface area contributed by atoms with Gasteiger partial charge < -0.3 is 5.32 Å². The molecule has 0 saturated carbocycles. The SMILES string of the molecule is Cn1nc(-c2ccc(F)cc2)cc1C(=O)Nc1ccccc1C#N. The van der Waals surface area contributed by atoms with Crippen LogP contribution < -0.4 is 5.32 Å². The molecule has 6 heteroatoms. The van der Waals surface area contributed by atoms with E-state index in [0.717, 1.165) is 0 Å². The Balaban J connectivity index is 1.88. The van der Waals surface area contributed by atoms with Crippen molar-refractivity contribution in [2.24, 2.45) is 7.05 Å². The van der Waals surface area contributed by atoms with Gasteiger partial charge in [-0.05, 0) is 42.5 Å². The minimum absolute atomic E-state index is 0.333. The number of nitriles is 1. The van der Waals surface area contributed by atoms with Crippen LogP contribution in [0.3, 0.4) is 0 Å². The lowest BCUT2D eigenvalue weighted by atomic mass is 10.1. The van der Waals surface area contributed by atoms with Gasteiger partial charge in [-0.3, -0.25) is 9.48 Å². The van der Waals surface area contributed by atoms with Crippen LogP contribution in [-0.4, -0.2) is 15.7 Å². The Morgan fingerprint density at radius 3 is 2.62 bits per heavy atom. The summed E-state index contributed by atoms with van der Waals surface area (Å²) in [6.07, 6.45) is 0. The maximum Gasteiger partial charge on any atom is 0.273 e. The van der Waals surface area contributed by atoms with Gasteiger partial charge in [0.2, 0.25) is 0 Å². The van der Waals surface area contributed by atoms with E-state index in [2.05, 4.69) is 10.4 Å². The fourth-order valence-electron chi connectivity index (χ4n) is 2.32. The van der Waals surface area contributed by atoms with Crippen molar-refractivity contribution in [3.63, 3.8) is 0 Å². The van der Waals surface area contributed by atoms with Crippen molar-refractivity contribution in [2.75, 3.05) is 5.32 Å². The third-order valence-electron chi connectivity index (χ3n) is 3.55. The second-order valence-corrected chi connectivity index (χ2v) is 5.16. The van der Waals surface area contributed by atoms with Gasteiger partial charge in [-0.15, -0.1) is 0 Å². The third-order valence-corrected chi connectivity index (χ3v) is 3.55. The quantitative estimate of drug-likeness (QED) is 0.804. The highest BCUT2D eigenvalue weighted by Crippen LogP contribution is 2.20. The predicted molar refractivity (Wildman–Crippen MR) is 87.7 cm³/mol. The summed E-state index contributed by atoms with van der Waals surface area (Å²) in [5.41, 5.74) is 2.43. The fourth-order valence-corrected chi connectivity index (χ4v) is 2.32. The molecule has 1 amide bonds. The molecule has 3 rings (SSSR count). The number of hydrogen-bond acceptors (Lipinski definition) is 3. The van der Waals surface area contributed by atoms with E-state index < -0.39 is 0 Å². The zero-order valence-corrected chi connectivity index (χ0v) is 12.8. The number of carbonyl (C=O) groups excluding carboxylic acids is 1. The van der Waals surface area contributed by atoms with E-state index in [4.69, 9.17) is 5.26 Å². The Hall–Kier alpha value is -3.46. The van der Waals surface area contributed by atoms with Gasteiger partial charge in [0.05, 0.1) is 16.9 Å². The van der Waals surface area contributed by atoms with E-state index in [-0.39, 0.29) is 11.7 Å². The standard InChI is InChI=1S/C18H13FN4O/c1-23-17(10-16(22-23)12-6-8-14(19)9-7-12)18(24)21-15-5-3-2-4-13(15)11-20/h2-10H,1H3,(H,21,24). The van der Waals surface area contributed by atoms with Crippen molar-refractivity contribution < 1.29 is 9.18 Å². The molecular formula is C18H13FN4O. The highest BCUT2D eigenvalue weighted by Gasteiger charge is 2.15. The first-order valence-corrected chi connectivity index (χ1v) is 7.19. The Kier molecular flexibility index (Phi) is 4.08. The van der Waals surface area contributed by atoms with Crippen molar-refractivity contribution in [1.29, 1.82) is 5.26 Å². The average molecular weight is 320 g/mol. The molecule has 0 radical (unpaired) electrons. The van der Waals surface area contributed by atoms with Crippen LogP contribution in [0.2, 0.25) is 0 Å². The second-order valence-electron chi connectivity index (χ2n) is 5.16. The number of carbonyl (C=O) groups is 1. The number of rotatable bonds is 3. The molecule has 5 nitrogen and oxygen atoms in total. The van der Waals surface area contributed by atoms with Crippen LogP contribution in [-0.2, 0) is 7.05 Å². The first-order valence-electron chi connectivity index (χ1n) is 7.19. The van der Waals surface area contributed by atoms with Gasteiger partial charge in [-0.2, -0.15) is 10.4 Å². The van der Waals surface area contributed by atoms with Crippen LogP contribution in [0.5, 0.6) is 0 Å². The number of benzene rings is 2. The molecule has 0 unspecified atom stereocenters.